The van der Waals surface area contributed by atoms with Gasteiger partial charge >= 0.3 is 5.97 Å². The van der Waals surface area contributed by atoms with Gasteiger partial charge in [-0.15, -0.1) is 0 Å². The van der Waals surface area contributed by atoms with Gasteiger partial charge in [0, 0.05) is 24.2 Å². The van der Waals surface area contributed by atoms with Crippen LogP contribution in [0.5, 0.6) is 0 Å². The van der Waals surface area contributed by atoms with Crippen molar-refractivity contribution in [3.05, 3.63) is 40.3 Å². The molecule has 4 fully saturated rings. The first-order valence-corrected chi connectivity index (χ1v) is 12.6. The van der Waals surface area contributed by atoms with Gasteiger partial charge < -0.3 is 9.67 Å². The van der Waals surface area contributed by atoms with Crippen molar-refractivity contribution < 1.29 is 9.90 Å². The van der Waals surface area contributed by atoms with Gasteiger partial charge in [0.05, 0.1) is 11.0 Å². The monoisotopic (exact) mass is 435 g/mol. The predicted molar refractivity (Wildman–Crippen MR) is 123 cm³/mol. The molecule has 0 amide bonds. The van der Waals surface area contributed by atoms with E-state index >= 15 is 0 Å². The van der Waals surface area contributed by atoms with Crippen LogP contribution in [-0.2, 0) is 0 Å². The molecule has 2 saturated carbocycles. The first-order chi connectivity index (χ1) is 15.6. The Labute approximate surface area is 188 Å². The molecular weight excluding hydrogens is 402 g/mol. The fourth-order valence-electron chi connectivity index (χ4n) is 7.79. The quantitative estimate of drug-likeness (QED) is 0.761. The van der Waals surface area contributed by atoms with Crippen LogP contribution in [0.2, 0.25) is 0 Å². The van der Waals surface area contributed by atoms with Crippen molar-refractivity contribution in [2.24, 2.45) is 11.8 Å². The maximum Gasteiger partial charge on any atom is 0.360 e. The second-order valence-corrected chi connectivity index (χ2v) is 10.8. The Hall–Kier alpha value is -2.21. The molecular formula is C26H33N3O3. The van der Waals surface area contributed by atoms with Gasteiger partial charge in [-0.2, -0.15) is 0 Å². The van der Waals surface area contributed by atoms with Crippen LogP contribution in [0.3, 0.4) is 0 Å². The van der Waals surface area contributed by atoms with Crippen molar-refractivity contribution >= 4 is 17.0 Å². The van der Waals surface area contributed by atoms with Gasteiger partial charge in [0.2, 0.25) is 5.69 Å². The second kappa shape index (κ2) is 7.98. The summed E-state index contributed by atoms with van der Waals surface area (Å²) in [6, 6.07) is 9.25. The Balaban J connectivity index is 1.35. The summed E-state index contributed by atoms with van der Waals surface area (Å²) in [4.78, 5) is 32.1. The van der Waals surface area contributed by atoms with Crippen LogP contribution in [0, 0.1) is 11.8 Å². The minimum absolute atomic E-state index is 0.0446. The molecule has 3 unspecified atom stereocenters. The molecule has 3 heterocycles. The zero-order valence-corrected chi connectivity index (χ0v) is 18.7. The van der Waals surface area contributed by atoms with E-state index in [0.29, 0.717) is 23.6 Å². The number of fused-ring (bicyclic) bond motifs is 5. The van der Waals surface area contributed by atoms with Crippen molar-refractivity contribution in [1.29, 1.82) is 0 Å². The fraction of sp³-hybridized carbons (Fsp3) is 0.654. The molecule has 2 aliphatic heterocycles. The van der Waals surface area contributed by atoms with Crippen LogP contribution in [-0.4, -0.2) is 43.7 Å². The number of carbonyl (C=O) groups is 1. The van der Waals surface area contributed by atoms with E-state index in [9.17, 15) is 14.7 Å². The lowest BCUT2D eigenvalue weighted by atomic mass is 9.68. The molecule has 4 aliphatic rings. The zero-order chi connectivity index (χ0) is 21.8. The number of aromatic nitrogens is 2. The third-order valence-corrected chi connectivity index (χ3v) is 8.89. The first-order valence-electron chi connectivity index (χ1n) is 12.6. The molecule has 4 bridgehead atoms. The molecule has 5 atom stereocenters. The summed E-state index contributed by atoms with van der Waals surface area (Å²) >= 11 is 0. The Morgan fingerprint density at radius 1 is 0.844 bits per heavy atom. The van der Waals surface area contributed by atoms with E-state index in [4.69, 9.17) is 0 Å². The van der Waals surface area contributed by atoms with Crippen LogP contribution >= 0.6 is 0 Å². The van der Waals surface area contributed by atoms with Gasteiger partial charge in [-0.05, 0) is 68.9 Å². The van der Waals surface area contributed by atoms with Gasteiger partial charge in [-0.1, -0.05) is 37.8 Å². The van der Waals surface area contributed by atoms with Crippen molar-refractivity contribution in [2.45, 2.75) is 94.8 Å². The maximum absolute atomic E-state index is 13.3. The zero-order valence-electron chi connectivity index (χ0n) is 18.7. The van der Waals surface area contributed by atoms with Gasteiger partial charge in [-0.3, -0.25) is 9.69 Å². The van der Waals surface area contributed by atoms with E-state index in [1.54, 1.807) is 4.57 Å². The van der Waals surface area contributed by atoms with Crippen molar-refractivity contribution in [3.63, 3.8) is 0 Å². The number of hydrogen-bond donors (Lipinski definition) is 1. The third kappa shape index (κ3) is 3.38. The Kier molecular flexibility index (Phi) is 5.09. The molecule has 170 valence electrons. The SMILES string of the molecule is O=C(O)c1nc2ccccc2n(C2C[C@H]3CCC[C@@H](C2)N3C2CC3CCCC(C3)C2)c1=O. The van der Waals surface area contributed by atoms with Gasteiger partial charge in [0.25, 0.3) is 5.56 Å². The van der Waals surface area contributed by atoms with Crippen LogP contribution in [0.25, 0.3) is 11.0 Å². The molecule has 6 nitrogen and oxygen atoms in total. The number of para-hydroxylation sites is 2. The first kappa shape index (κ1) is 20.4. The molecule has 1 aromatic carbocycles. The topological polar surface area (TPSA) is 75.4 Å². The van der Waals surface area contributed by atoms with Crippen LogP contribution in [0.4, 0.5) is 0 Å². The average molecular weight is 436 g/mol. The van der Waals surface area contributed by atoms with E-state index in [1.165, 1.54) is 57.8 Å². The van der Waals surface area contributed by atoms with Crippen LogP contribution in [0.15, 0.2) is 29.1 Å². The largest absolute Gasteiger partial charge is 0.476 e. The van der Waals surface area contributed by atoms with Gasteiger partial charge in [-0.25, -0.2) is 9.78 Å². The van der Waals surface area contributed by atoms with E-state index in [1.807, 2.05) is 24.3 Å². The third-order valence-electron chi connectivity index (χ3n) is 8.89. The summed E-state index contributed by atoms with van der Waals surface area (Å²) in [5.41, 5.74) is 0.569. The van der Waals surface area contributed by atoms with E-state index in [-0.39, 0.29) is 11.7 Å². The molecule has 2 saturated heterocycles. The van der Waals surface area contributed by atoms with Crippen molar-refractivity contribution in [3.8, 4) is 0 Å². The highest BCUT2D eigenvalue weighted by molar-refractivity contribution is 5.88. The number of hydrogen-bond acceptors (Lipinski definition) is 4. The minimum Gasteiger partial charge on any atom is -0.476 e. The minimum atomic E-state index is -1.24. The number of benzene rings is 1. The highest BCUT2D eigenvalue weighted by atomic mass is 16.4. The molecule has 2 aliphatic carbocycles. The number of aromatic carboxylic acids is 1. The summed E-state index contributed by atoms with van der Waals surface area (Å²) < 4.78 is 1.78. The molecule has 6 rings (SSSR count). The number of carboxylic acids is 1. The van der Waals surface area contributed by atoms with Gasteiger partial charge in [0.15, 0.2) is 0 Å². The smallest absolute Gasteiger partial charge is 0.360 e. The standard InChI is InChI=1S/C26H33N3O3/c30-25-24(26(31)32)27-22-9-1-2-10-23(22)29(25)21-14-18-7-4-8-19(15-21)28(18)20-12-16-5-3-6-17(11-16)13-20/h1-2,9-10,16-21H,3-8,11-15H2,(H,31,32)/t16?,17?,18-,19+,20?,21?. The molecule has 0 spiro atoms. The van der Waals surface area contributed by atoms with E-state index in [2.05, 4.69) is 9.88 Å². The van der Waals surface area contributed by atoms with Crippen LogP contribution < -0.4 is 5.56 Å². The number of rotatable bonds is 3. The Morgan fingerprint density at radius 3 is 2.19 bits per heavy atom. The summed E-state index contributed by atoms with van der Waals surface area (Å²) in [5, 5.41) is 9.62. The summed E-state index contributed by atoms with van der Waals surface area (Å²) in [7, 11) is 0. The number of carboxylic acid groups (broad SMARTS) is 1. The maximum atomic E-state index is 13.3. The summed E-state index contributed by atoms with van der Waals surface area (Å²) in [6.45, 7) is 0. The molecule has 0 radical (unpaired) electrons. The molecule has 6 heteroatoms. The normalized spacial score (nSPS) is 35.0. The van der Waals surface area contributed by atoms with Crippen molar-refractivity contribution in [2.75, 3.05) is 0 Å². The molecule has 1 aromatic heterocycles. The lowest BCUT2D eigenvalue weighted by Crippen LogP contribution is -2.58. The number of piperidine rings is 2. The van der Waals surface area contributed by atoms with Crippen LogP contribution in [0.1, 0.15) is 87.2 Å². The van der Waals surface area contributed by atoms with E-state index < -0.39 is 11.5 Å². The van der Waals surface area contributed by atoms with Gasteiger partial charge in [0.1, 0.15) is 0 Å². The number of nitrogens with zero attached hydrogens (tertiary/aromatic N) is 3. The lowest BCUT2D eigenvalue weighted by Gasteiger charge is -2.55. The summed E-state index contributed by atoms with van der Waals surface area (Å²) in [5.74, 6) is 0.590. The molecule has 2 aromatic rings. The fourth-order valence-corrected chi connectivity index (χ4v) is 7.79. The molecule has 1 N–H and O–H groups in total. The Morgan fingerprint density at radius 2 is 1.50 bits per heavy atom. The second-order valence-electron chi connectivity index (χ2n) is 10.8. The predicted octanol–water partition coefficient (Wildman–Crippen LogP) is 4.62. The molecule has 32 heavy (non-hydrogen) atoms. The van der Waals surface area contributed by atoms with Crippen molar-refractivity contribution in [1.82, 2.24) is 14.5 Å². The highest BCUT2D eigenvalue weighted by Crippen LogP contribution is 2.47. The summed E-state index contributed by atoms with van der Waals surface area (Å²) in [6.07, 6.45) is 13.9. The Bertz CT molecular complexity index is 1070. The highest BCUT2D eigenvalue weighted by Gasteiger charge is 2.45. The lowest BCUT2D eigenvalue weighted by molar-refractivity contribution is -0.0486. The average Bonchev–Trinajstić information content (AvgIpc) is 2.77. The van der Waals surface area contributed by atoms with E-state index in [0.717, 1.165) is 30.2 Å².